The van der Waals surface area contributed by atoms with Crippen LogP contribution in [-0.4, -0.2) is 18.5 Å². The largest absolute Gasteiger partial charge is 0.350 e. The van der Waals surface area contributed by atoms with Gasteiger partial charge in [-0.3, -0.25) is 4.79 Å². The van der Waals surface area contributed by atoms with Crippen molar-refractivity contribution < 1.29 is 4.79 Å². The van der Waals surface area contributed by atoms with Crippen LogP contribution < -0.4 is 10.6 Å². The first-order valence-electron chi connectivity index (χ1n) is 6.83. The van der Waals surface area contributed by atoms with Gasteiger partial charge in [0.1, 0.15) is 0 Å². The summed E-state index contributed by atoms with van der Waals surface area (Å²) < 4.78 is 0. The Morgan fingerprint density at radius 3 is 2.79 bits per heavy atom. The predicted octanol–water partition coefficient (Wildman–Crippen LogP) is 2.82. The second-order valence-electron chi connectivity index (χ2n) is 5.03. The van der Waals surface area contributed by atoms with Gasteiger partial charge in [-0.25, -0.2) is 0 Å². The standard InChI is InChI=1S/C15H22N2O.ClH/c1-12(13-6-3-2-4-7-13)17-15(18)10-9-14-8-5-11-16-14;/h2-4,6-7,12,14,16H,5,8-11H2,1H3,(H,17,18);1H. The molecule has 0 spiro atoms. The topological polar surface area (TPSA) is 41.1 Å². The van der Waals surface area contributed by atoms with Crippen LogP contribution in [0.2, 0.25) is 0 Å². The van der Waals surface area contributed by atoms with Gasteiger partial charge >= 0.3 is 0 Å². The molecule has 1 amide bonds. The normalized spacial score (nSPS) is 19.5. The zero-order valence-corrected chi connectivity index (χ0v) is 12.2. The van der Waals surface area contributed by atoms with E-state index in [2.05, 4.69) is 10.6 Å². The molecule has 2 atom stereocenters. The van der Waals surface area contributed by atoms with Gasteiger partial charge in [0, 0.05) is 12.5 Å². The number of benzene rings is 1. The van der Waals surface area contributed by atoms with Crippen LogP contribution in [0.25, 0.3) is 0 Å². The molecule has 0 aromatic heterocycles. The number of carbonyl (C=O) groups excluding carboxylic acids is 1. The minimum Gasteiger partial charge on any atom is -0.350 e. The Hall–Kier alpha value is -1.06. The highest BCUT2D eigenvalue weighted by Gasteiger charge is 2.16. The highest BCUT2D eigenvalue weighted by atomic mass is 35.5. The summed E-state index contributed by atoms with van der Waals surface area (Å²) in [5, 5.41) is 6.47. The van der Waals surface area contributed by atoms with Crippen LogP contribution in [0.3, 0.4) is 0 Å². The summed E-state index contributed by atoms with van der Waals surface area (Å²) in [6.07, 6.45) is 4.02. The molecular weight excluding hydrogens is 260 g/mol. The summed E-state index contributed by atoms with van der Waals surface area (Å²) >= 11 is 0. The molecule has 1 heterocycles. The molecule has 1 aliphatic heterocycles. The van der Waals surface area contributed by atoms with Gasteiger partial charge in [-0.1, -0.05) is 30.3 Å². The monoisotopic (exact) mass is 282 g/mol. The van der Waals surface area contributed by atoms with E-state index in [0.717, 1.165) is 18.5 Å². The maximum atomic E-state index is 11.8. The Bertz CT molecular complexity index is 377. The molecule has 1 aromatic rings. The van der Waals surface area contributed by atoms with Crippen molar-refractivity contribution in [3.8, 4) is 0 Å². The third-order valence-electron chi connectivity index (χ3n) is 3.56. The lowest BCUT2D eigenvalue weighted by Gasteiger charge is -2.15. The molecule has 1 aromatic carbocycles. The lowest BCUT2D eigenvalue weighted by molar-refractivity contribution is -0.121. The van der Waals surface area contributed by atoms with Crippen LogP contribution >= 0.6 is 12.4 Å². The van der Waals surface area contributed by atoms with Crippen molar-refractivity contribution in [2.45, 2.75) is 44.7 Å². The van der Waals surface area contributed by atoms with Crippen LogP contribution in [0.1, 0.15) is 44.2 Å². The molecular formula is C15H23ClN2O. The fourth-order valence-corrected chi connectivity index (χ4v) is 2.45. The number of nitrogens with one attached hydrogen (secondary N) is 2. The fraction of sp³-hybridized carbons (Fsp3) is 0.533. The first kappa shape index (κ1) is 16.0. The Morgan fingerprint density at radius 1 is 1.42 bits per heavy atom. The van der Waals surface area contributed by atoms with E-state index < -0.39 is 0 Å². The van der Waals surface area contributed by atoms with Crippen LogP contribution in [0.15, 0.2) is 30.3 Å². The van der Waals surface area contributed by atoms with E-state index >= 15 is 0 Å². The molecule has 1 aliphatic rings. The fourth-order valence-electron chi connectivity index (χ4n) is 2.45. The number of hydrogen-bond donors (Lipinski definition) is 2. The Balaban J connectivity index is 0.00000180. The predicted molar refractivity (Wildman–Crippen MR) is 80.5 cm³/mol. The molecule has 106 valence electrons. The molecule has 4 heteroatoms. The minimum atomic E-state index is 0. The van der Waals surface area contributed by atoms with Gasteiger partial charge in [0.25, 0.3) is 0 Å². The Labute approximate surface area is 121 Å². The summed E-state index contributed by atoms with van der Waals surface area (Å²) in [5.41, 5.74) is 1.16. The molecule has 1 fully saturated rings. The lowest BCUT2D eigenvalue weighted by atomic mass is 10.1. The Kier molecular flexibility index (Phi) is 6.89. The van der Waals surface area contributed by atoms with Gasteiger partial charge < -0.3 is 10.6 Å². The molecule has 2 rings (SSSR count). The summed E-state index contributed by atoms with van der Waals surface area (Å²) in [4.78, 5) is 11.8. The maximum Gasteiger partial charge on any atom is 0.220 e. The van der Waals surface area contributed by atoms with E-state index in [-0.39, 0.29) is 24.4 Å². The summed E-state index contributed by atoms with van der Waals surface area (Å²) in [5.74, 6) is 0.153. The summed E-state index contributed by atoms with van der Waals surface area (Å²) in [7, 11) is 0. The summed E-state index contributed by atoms with van der Waals surface area (Å²) in [6, 6.07) is 10.7. The highest BCUT2D eigenvalue weighted by Crippen LogP contribution is 2.13. The summed E-state index contributed by atoms with van der Waals surface area (Å²) in [6.45, 7) is 3.13. The SMILES string of the molecule is CC(NC(=O)CCC1CCCN1)c1ccccc1.Cl. The van der Waals surface area contributed by atoms with Crippen molar-refractivity contribution in [3.63, 3.8) is 0 Å². The second kappa shape index (κ2) is 8.18. The zero-order valence-electron chi connectivity index (χ0n) is 11.4. The van der Waals surface area contributed by atoms with Gasteiger partial charge in [0.2, 0.25) is 5.91 Å². The molecule has 1 saturated heterocycles. The van der Waals surface area contributed by atoms with Crippen LogP contribution in [-0.2, 0) is 4.79 Å². The number of amides is 1. The number of rotatable bonds is 5. The lowest BCUT2D eigenvalue weighted by Crippen LogP contribution is -2.29. The van der Waals surface area contributed by atoms with Gasteiger partial charge in [0.15, 0.2) is 0 Å². The zero-order chi connectivity index (χ0) is 12.8. The number of halogens is 1. The van der Waals surface area contributed by atoms with Gasteiger partial charge in [-0.05, 0) is 38.3 Å². The van der Waals surface area contributed by atoms with Crippen molar-refractivity contribution >= 4 is 18.3 Å². The molecule has 2 N–H and O–H groups in total. The first-order chi connectivity index (χ1) is 8.75. The molecule has 0 bridgehead atoms. The van der Waals surface area contributed by atoms with Crippen molar-refractivity contribution in [2.75, 3.05) is 6.54 Å². The third-order valence-corrected chi connectivity index (χ3v) is 3.56. The Morgan fingerprint density at radius 2 is 2.16 bits per heavy atom. The van der Waals surface area contributed by atoms with E-state index in [4.69, 9.17) is 0 Å². The van der Waals surface area contributed by atoms with Gasteiger partial charge in [0.05, 0.1) is 6.04 Å². The van der Waals surface area contributed by atoms with E-state index in [1.54, 1.807) is 0 Å². The van der Waals surface area contributed by atoms with E-state index in [9.17, 15) is 4.79 Å². The minimum absolute atomic E-state index is 0. The number of carbonyl (C=O) groups is 1. The molecule has 0 saturated carbocycles. The van der Waals surface area contributed by atoms with Crippen molar-refractivity contribution in [1.82, 2.24) is 10.6 Å². The maximum absolute atomic E-state index is 11.8. The van der Waals surface area contributed by atoms with E-state index in [1.807, 2.05) is 37.3 Å². The van der Waals surface area contributed by atoms with Crippen LogP contribution in [0.4, 0.5) is 0 Å². The molecule has 0 aliphatic carbocycles. The second-order valence-corrected chi connectivity index (χ2v) is 5.03. The van der Waals surface area contributed by atoms with Gasteiger partial charge in [-0.15, -0.1) is 12.4 Å². The quantitative estimate of drug-likeness (QED) is 0.872. The molecule has 3 nitrogen and oxygen atoms in total. The van der Waals surface area contributed by atoms with Crippen molar-refractivity contribution in [3.05, 3.63) is 35.9 Å². The molecule has 2 unspecified atom stereocenters. The smallest absolute Gasteiger partial charge is 0.220 e. The van der Waals surface area contributed by atoms with E-state index in [1.165, 1.54) is 12.8 Å². The molecule has 0 radical (unpaired) electrons. The first-order valence-corrected chi connectivity index (χ1v) is 6.83. The van der Waals surface area contributed by atoms with Crippen LogP contribution in [0.5, 0.6) is 0 Å². The average Bonchev–Trinajstić information content (AvgIpc) is 2.90. The molecule has 19 heavy (non-hydrogen) atoms. The van der Waals surface area contributed by atoms with Gasteiger partial charge in [-0.2, -0.15) is 0 Å². The third kappa shape index (κ3) is 5.21. The van der Waals surface area contributed by atoms with Crippen molar-refractivity contribution in [2.24, 2.45) is 0 Å². The van der Waals surface area contributed by atoms with E-state index in [0.29, 0.717) is 12.5 Å². The number of hydrogen-bond acceptors (Lipinski definition) is 2. The highest BCUT2D eigenvalue weighted by molar-refractivity contribution is 5.85. The van der Waals surface area contributed by atoms with Crippen molar-refractivity contribution in [1.29, 1.82) is 0 Å². The van der Waals surface area contributed by atoms with Crippen LogP contribution in [0, 0.1) is 0 Å². The average molecular weight is 283 g/mol.